The molecular weight excluding hydrogens is 418 g/mol. The van der Waals surface area contributed by atoms with Crippen molar-refractivity contribution in [2.75, 3.05) is 26.4 Å². The van der Waals surface area contributed by atoms with Crippen LogP contribution in [0, 0.1) is 0 Å². The standard InChI is InChI=1S/C23H25N3O4.ClH/c27-20(16-25-14-8-3-9-15-25)30-17-26-21(28)23(24-22(26)29,18-10-4-1-5-11-18)19-12-6-2-7-13-19;/h1-2,4-7,10-13H,3,8-9,14-17H2,(H,24,29);1H. The topological polar surface area (TPSA) is 79.0 Å². The van der Waals surface area contributed by atoms with Crippen LogP contribution in [0.1, 0.15) is 30.4 Å². The highest BCUT2D eigenvalue weighted by molar-refractivity contribution is 6.09. The molecule has 164 valence electrons. The zero-order chi connectivity index (χ0) is 21.0. The van der Waals surface area contributed by atoms with E-state index in [-0.39, 0.29) is 19.0 Å². The Kier molecular flexibility index (Phi) is 7.30. The van der Waals surface area contributed by atoms with Gasteiger partial charge in [0.1, 0.15) is 0 Å². The number of rotatable bonds is 6. The van der Waals surface area contributed by atoms with Crippen LogP contribution in [-0.2, 0) is 19.9 Å². The van der Waals surface area contributed by atoms with Crippen molar-refractivity contribution in [3.05, 3.63) is 71.8 Å². The van der Waals surface area contributed by atoms with Gasteiger partial charge in [0.05, 0.1) is 6.54 Å². The molecule has 0 aliphatic carbocycles. The smallest absolute Gasteiger partial charge is 0.328 e. The Morgan fingerprint density at radius 3 is 2.00 bits per heavy atom. The van der Waals surface area contributed by atoms with Gasteiger partial charge in [-0.15, -0.1) is 12.4 Å². The van der Waals surface area contributed by atoms with Crippen LogP contribution in [0.2, 0.25) is 0 Å². The van der Waals surface area contributed by atoms with E-state index in [0.29, 0.717) is 11.1 Å². The largest absolute Gasteiger partial charge is 0.443 e. The van der Waals surface area contributed by atoms with Gasteiger partial charge in [-0.2, -0.15) is 0 Å². The van der Waals surface area contributed by atoms with Crippen LogP contribution in [0.5, 0.6) is 0 Å². The van der Waals surface area contributed by atoms with E-state index < -0.39 is 30.2 Å². The van der Waals surface area contributed by atoms with Crippen molar-refractivity contribution in [2.45, 2.75) is 24.8 Å². The van der Waals surface area contributed by atoms with Crippen molar-refractivity contribution < 1.29 is 19.1 Å². The maximum atomic E-state index is 13.5. The van der Waals surface area contributed by atoms with E-state index in [1.165, 1.54) is 6.42 Å². The third-order valence-corrected chi connectivity index (χ3v) is 5.68. The summed E-state index contributed by atoms with van der Waals surface area (Å²) in [5.41, 5.74) is -0.0489. The van der Waals surface area contributed by atoms with Crippen molar-refractivity contribution in [1.82, 2.24) is 15.1 Å². The number of imide groups is 1. The maximum absolute atomic E-state index is 13.5. The average Bonchev–Trinajstić information content (AvgIpc) is 3.05. The number of carbonyl (C=O) groups excluding carboxylic acids is 3. The van der Waals surface area contributed by atoms with Crippen LogP contribution in [0.25, 0.3) is 0 Å². The van der Waals surface area contributed by atoms with Crippen LogP contribution >= 0.6 is 12.4 Å². The molecule has 2 fully saturated rings. The number of carbonyl (C=O) groups is 3. The number of piperidine rings is 1. The molecule has 0 radical (unpaired) electrons. The van der Waals surface area contributed by atoms with Crippen molar-refractivity contribution in [1.29, 1.82) is 0 Å². The lowest BCUT2D eigenvalue weighted by Gasteiger charge is -2.28. The van der Waals surface area contributed by atoms with Gasteiger partial charge in [-0.25, -0.2) is 9.69 Å². The lowest BCUT2D eigenvalue weighted by atomic mass is 9.83. The van der Waals surface area contributed by atoms with E-state index in [9.17, 15) is 14.4 Å². The molecule has 0 aromatic heterocycles. The molecule has 8 heteroatoms. The van der Waals surface area contributed by atoms with Gasteiger partial charge in [0.25, 0.3) is 5.91 Å². The Morgan fingerprint density at radius 1 is 0.903 bits per heavy atom. The first-order valence-corrected chi connectivity index (χ1v) is 10.2. The fourth-order valence-electron chi connectivity index (χ4n) is 4.11. The van der Waals surface area contributed by atoms with Gasteiger partial charge in [-0.1, -0.05) is 67.1 Å². The van der Waals surface area contributed by atoms with E-state index in [1.54, 1.807) is 24.3 Å². The highest BCUT2D eigenvalue weighted by Crippen LogP contribution is 2.35. The normalized spacial score (nSPS) is 18.3. The molecule has 0 atom stereocenters. The van der Waals surface area contributed by atoms with E-state index in [1.807, 2.05) is 41.3 Å². The summed E-state index contributed by atoms with van der Waals surface area (Å²) in [4.78, 5) is 41.5. The highest BCUT2D eigenvalue weighted by atomic mass is 35.5. The first kappa shape index (κ1) is 22.8. The Labute approximate surface area is 187 Å². The molecule has 0 bridgehead atoms. The van der Waals surface area contributed by atoms with Crippen LogP contribution in [-0.4, -0.2) is 54.1 Å². The minimum absolute atomic E-state index is 0. The number of nitrogens with zero attached hydrogens (tertiary/aromatic N) is 2. The summed E-state index contributed by atoms with van der Waals surface area (Å²) in [5, 5.41) is 2.84. The summed E-state index contributed by atoms with van der Waals surface area (Å²) in [6, 6.07) is 17.6. The van der Waals surface area contributed by atoms with Gasteiger partial charge in [0.15, 0.2) is 12.3 Å². The number of nitrogens with one attached hydrogen (secondary N) is 1. The molecule has 2 heterocycles. The monoisotopic (exact) mass is 443 g/mol. The maximum Gasteiger partial charge on any atom is 0.328 e. The number of ether oxygens (including phenoxy) is 1. The number of amides is 3. The number of esters is 1. The summed E-state index contributed by atoms with van der Waals surface area (Å²) in [7, 11) is 0. The van der Waals surface area contributed by atoms with Gasteiger partial charge in [0.2, 0.25) is 0 Å². The predicted octanol–water partition coefficient (Wildman–Crippen LogP) is 2.89. The Morgan fingerprint density at radius 2 is 1.45 bits per heavy atom. The molecular formula is C23H26ClN3O4. The molecule has 3 amide bonds. The van der Waals surface area contributed by atoms with Crippen LogP contribution < -0.4 is 5.32 Å². The lowest BCUT2D eigenvalue weighted by Crippen LogP contribution is -2.45. The number of hydrogen-bond donors (Lipinski definition) is 1. The van der Waals surface area contributed by atoms with Crippen molar-refractivity contribution in [3.8, 4) is 0 Å². The second-order valence-electron chi connectivity index (χ2n) is 7.63. The van der Waals surface area contributed by atoms with Crippen LogP contribution in [0.4, 0.5) is 4.79 Å². The van der Waals surface area contributed by atoms with E-state index in [4.69, 9.17) is 4.74 Å². The van der Waals surface area contributed by atoms with Crippen LogP contribution in [0.3, 0.4) is 0 Å². The van der Waals surface area contributed by atoms with Gasteiger partial charge in [-0.05, 0) is 37.1 Å². The summed E-state index contributed by atoms with van der Waals surface area (Å²) in [6.07, 6.45) is 3.31. The quantitative estimate of drug-likeness (QED) is 0.548. The summed E-state index contributed by atoms with van der Waals surface area (Å²) in [5.74, 6) is -0.898. The highest BCUT2D eigenvalue weighted by Gasteiger charge is 2.54. The number of urea groups is 1. The van der Waals surface area contributed by atoms with Crippen molar-refractivity contribution in [3.63, 3.8) is 0 Å². The van der Waals surface area contributed by atoms with E-state index in [2.05, 4.69) is 5.32 Å². The second-order valence-corrected chi connectivity index (χ2v) is 7.63. The van der Waals surface area contributed by atoms with Gasteiger partial charge >= 0.3 is 12.0 Å². The average molecular weight is 444 g/mol. The molecule has 0 saturated carbocycles. The van der Waals surface area contributed by atoms with E-state index in [0.717, 1.165) is 30.8 Å². The molecule has 2 aliphatic rings. The number of halogens is 1. The molecule has 2 aromatic rings. The molecule has 0 spiro atoms. The Hall–Kier alpha value is -2.90. The number of hydrogen-bond acceptors (Lipinski definition) is 5. The molecule has 2 aliphatic heterocycles. The minimum atomic E-state index is -1.35. The SMILES string of the molecule is Cl.O=C(CN1CCCCC1)OCN1C(=O)NC(c2ccccc2)(c2ccccc2)C1=O. The fourth-order valence-corrected chi connectivity index (χ4v) is 4.11. The Balaban J connectivity index is 0.00000272. The summed E-state index contributed by atoms with van der Waals surface area (Å²) >= 11 is 0. The molecule has 1 N–H and O–H groups in total. The molecule has 7 nitrogen and oxygen atoms in total. The predicted molar refractivity (Wildman–Crippen MR) is 118 cm³/mol. The zero-order valence-corrected chi connectivity index (χ0v) is 18.0. The van der Waals surface area contributed by atoms with Crippen LogP contribution in [0.15, 0.2) is 60.7 Å². The number of likely N-dealkylation sites (tertiary alicyclic amines) is 1. The zero-order valence-electron chi connectivity index (χ0n) is 17.2. The second kappa shape index (κ2) is 9.94. The first-order chi connectivity index (χ1) is 14.6. The fraction of sp³-hybridized carbons (Fsp3) is 0.348. The van der Waals surface area contributed by atoms with Crippen molar-refractivity contribution in [2.24, 2.45) is 0 Å². The van der Waals surface area contributed by atoms with Gasteiger partial charge in [0, 0.05) is 0 Å². The molecule has 2 saturated heterocycles. The summed E-state index contributed by atoms with van der Waals surface area (Å²) in [6.45, 7) is 1.50. The van der Waals surface area contributed by atoms with E-state index >= 15 is 0 Å². The third-order valence-electron chi connectivity index (χ3n) is 5.68. The van der Waals surface area contributed by atoms with Gasteiger partial charge in [-0.3, -0.25) is 14.5 Å². The molecule has 0 unspecified atom stereocenters. The van der Waals surface area contributed by atoms with Crippen molar-refractivity contribution >= 4 is 30.3 Å². The molecule has 31 heavy (non-hydrogen) atoms. The number of benzene rings is 2. The lowest BCUT2D eigenvalue weighted by molar-refractivity contribution is -0.151. The first-order valence-electron chi connectivity index (χ1n) is 10.2. The summed E-state index contributed by atoms with van der Waals surface area (Å²) < 4.78 is 5.30. The minimum Gasteiger partial charge on any atom is -0.443 e. The Bertz CT molecular complexity index is 877. The molecule has 2 aromatic carbocycles. The third kappa shape index (κ3) is 4.57. The van der Waals surface area contributed by atoms with Gasteiger partial charge < -0.3 is 10.1 Å². The molecule has 4 rings (SSSR count).